The van der Waals surface area contributed by atoms with E-state index < -0.39 is 29.5 Å². The van der Waals surface area contributed by atoms with E-state index >= 15 is 0 Å². The molecule has 0 saturated carbocycles. The van der Waals surface area contributed by atoms with E-state index in [1.165, 1.54) is 4.90 Å². The maximum absolute atomic E-state index is 12.9. The van der Waals surface area contributed by atoms with Crippen molar-refractivity contribution in [2.45, 2.75) is 6.42 Å². The Hall–Kier alpha value is -2.25. The van der Waals surface area contributed by atoms with E-state index in [1.54, 1.807) is 0 Å². The number of benzene rings is 1. The highest BCUT2D eigenvalue weighted by Crippen LogP contribution is 2.22. The fraction of sp³-hybridized carbons (Fsp3) is 0.333. The first-order chi connectivity index (χ1) is 9.36. The van der Waals surface area contributed by atoms with Crippen molar-refractivity contribution in [3.8, 4) is 0 Å². The van der Waals surface area contributed by atoms with Gasteiger partial charge in [0, 0.05) is 36.8 Å². The van der Waals surface area contributed by atoms with Gasteiger partial charge in [0.25, 0.3) is 0 Å². The van der Waals surface area contributed by atoms with Gasteiger partial charge in [0.1, 0.15) is 0 Å². The molecule has 1 aromatic carbocycles. The molecule has 2 rings (SSSR count). The van der Waals surface area contributed by atoms with E-state index in [9.17, 15) is 22.8 Å². The zero-order chi connectivity index (χ0) is 14.9. The van der Waals surface area contributed by atoms with Crippen LogP contribution in [0, 0.1) is 23.4 Å². The molecule has 0 unspecified atom stereocenters. The number of halogens is 3. The monoisotopic (exact) mass is 288 g/mol. The van der Waals surface area contributed by atoms with Crippen LogP contribution >= 0.6 is 0 Å². The van der Waals surface area contributed by atoms with Crippen LogP contribution in [0.15, 0.2) is 12.1 Å². The Morgan fingerprint density at radius 3 is 2.30 bits per heavy atom. The lowest BCUT2D eigenvalue weighted by Crippen LogP contribution is -2.52. The topological polar surface area (TPSA) is 69.6 Å². The summed E-state index contributed by atoms with van der Waals surface area (Å²) in [6.07, 6.45) is -0.0381. The van der Waals surface area contributed by atoms with Gasteiger partial charge in [-0.2, -0.15) is 0 Å². The van der Waals surface area contributed by atoms with E-state index in [1.807, 2.05) is 0 Å². The first-order valence-corrected chi connectivity index (χ1v) is 5.79. The summed E-state index contributed by atoms with van der Waals surface area (Å²) < 4.78 is 38.6. The van der Waals surface area contributed by atoms with E-state index in [-0.39, 0.29) is 31.1 Å². The van der Waals surface area contributed by atoms with Crippen molar-refractivity contribution in [2.75, 3.05) is 18.4 Å². The van der Waals surface area contributed by atoms with Crippen LogP contribution in [-0.4, -0.2) is 35.1 Å². The summed E-state index contributed by atoms with van der Waals surface area (Å²) in [7, 11) is 0. The number of carbonyl (C=O) groups is 2. The summed E-state index contributed by atoms with van der Waals surface area (Å²) in [5, 5.41) is 10.8. The Labute approximate surface area is 112 Å². The second kappa shape index (κ2) is 5.40. The average molecular weight is 288 g/mol. The minimum absolute atomic E-state index is 0.0381. The molecule has 8 heteroatoms. The molecule has 1 fully saturated rings. The van der Waals surface area contributed by atoms with Gasteiger partial charge in [-0.25, -0.2) is 18.0 Å². The van der Waals surface area contributed by atoms with Gasteiger partial charge in [-0.1, -0.05) is 0 Å². The number of carboxylic acid groups (broad SMARTS) is 1. The second-order valence-corrected chi connectivity index (χ2v) is 4.55. The molecule has 1 aliphatic rings. The van der Waals surface area contributed by atoms with Gasteiger partial charge < -0.3 is 15.3 Å². The highest BCUT2D eigenvalue weighted by atomic mass is 19.2. The molecule has 0 aromatic heterocycles. The fourth-order valence-electron chi connectivity index (χ4n) is 1.94. The number of hydrogen-bond donors (Lipinski definition) is 2. The molecule has 0 atom stereocenters. The Morgan fingerprint density at radius 1 is 1.25 bits per heavy atom. The third-order valence-corrected chi connectivity index (χ3v) is 2.94. The van der Waals surface area contributed by atoms with E-state index in [0.717, 1.165) is 0 Å². The van der Waals surface area contributed by atoms with Crippen molar-refractivity contribution in [2.24, 2.45) is 5.92 Å². The highest BCUT2D eigenvalue weighted by Gasteiger charge is 2.32. The minimum Gasteiger partial charge on any atom is -0.481 e. The number of likely N-dealkylation sites (tertiary alicyclic amines) is 1. The van der Waals surface area contributed by atoms with Crippen LogP contribution in [0.25, 0.3) is 0 Å². The number of nitrogens with one attached hydrogen (secondary N) is 1. The van der Waals surface area contributed by atoms with Crippen molar-refractivity contribution < 1.29 is 27.9 Å². The summed E-state index contributed by atoms with van der Waals surface area (Å²) in [5.74, 6) is -5.47. The maximum atomic E-state index is 12.9. The van der Waals surface area contributed by atoms with Crippen molar-refractivity contribution in [3.63, 3.8) is 0 Å². The van der Waals surface area contributed by atoms with E-state index in [2.05, 4.69) is 5.32 Å². The van der Waals surface area contributed by atoms with Crippen LogP contribution in [-0.2, 0) is 4.79 Å². The lowest BCUT2D eigenvalue weighted by Gasteiger charge is -2.38. The quantitative estimate of drug-likeness (QED) is 0.836. The van der Waals surface area contributed by atoms with Crippen LogP contribution in [0.2, 0.25) is 0 Å². The molecule has 5 nitrogen and oxygen atoms in total. The number of amides is 2. The predicted molar refractivity (Wildman–Crippen MR) is 62.7 cm³/mol. The first-order valence-electron chi connectivity index (χ1n) is 5.79. The smallest absolute Gasteiger partial charge is 0.321 e. The van der Waals surface area contributed by atoms with Gasteiger partial charge in [-0.05, 0) is 0 Å². The molecule has 0 aliphatic carbocycles. The van der Waals surface area contributed by atoms with Gasteiger partial charge >= 0.3 is 12.0 Å². The summed E-state index contributed by atoms with van der Waals surface area (Å²) in [5.41, 5.74) is -0.201. The van der Waals surface area contributed by atoms with Gasteiger partial charge in [0.15, 0.2) is 17.5 Å². The van der Waals surface area contributed by atoms with E-state index in [4.69, 9.17) is 5.11 Å². The molecule has 0 radical (unpaired) electrons. The Morgan fingerprint density at radius 2 is 1.80 bits per heavy atom. The number of aliphatic carboxylic acids is 1. The van der Waals surface area contributed by atoms with Crippen molar-refractivity contribution in [1.82, 2.24) is 4.90 Å². The lowest BCUT2D eigenvalue weighted by molar-refractivity contribution is -0.139. The molecular formula is C12H11F3N2O3. The molecule has 0 bridgehead atoms. The molecule has 0 spiro atoms. The van der Waals surface area contributed by atoms with Crippen LogP contribution in [0.5, 0.6) is 0 Å². The zero-order valence-electron chi connectivity index (χ0n) is 10.2. The lowest BCUT2D eigenvalue weighted by atomic mass is 9.97. The van der Waals surface area contributed by atoms with Crippen molar-refractivity contribution in [3.05, 3.63) is 29.6 Å². The summed E-state index contributed by atoms with van der Waals surface area (Å²) in [4.78, 5) is 23.4. The number of carboxylic acids is 1. The van der Waals surface area contributed by atoms with Gasteiger partial charge in [-0.15, -0.1) is 0 Å². The second-order valence-electron chi connectivity index (χ2n) is 4.55. The predicted octanol–water partition coefficient (Wildman–Crippen LogP) is 2.04. The Bertz CT molecular complexity index is 536. The largest absolute Gasteiger partial charge is 0.481 e. The Kier molecular flexibility index (Phi) is 3.82. The standard InChI is InChI=1S/C12H11F3N2O3/c13-8-2-7(3-9(14)11(8)15)16-12(20)17-4-6(5-17)1-10(18)19/h2-3,6H,1,4-5H2,(H,16,20)(H,18,19). The van der Waals surface area contributed by atoms with E-state index in [0.29, 0.717) is 12.1 Å². The third kappa shape index (κ3) is 3.01. The third-order valence-electron chi connectivity index (χ3n) is 2.94. The van der Waals surface area contributed by atoms with Gasteiger partial charge in [-0.3, -0.25) is 4.79 Å². The Balaban J connectivity index is 1.92. The summed E-state index contributed by atoms with van der Waals surface area (Å²) >= 11 is 0. The van der Waals surface area contributed by atoms with Gasteiger partial charge in [0.2, 0.25) is 0 Å². The van der Waals surface area contributed by atoms with Crippen LogP contribution < -0.4 is 5.32 Å². The number of anilines is 1. The molecule has 2 N–H and O–H groups in total. The van der Waals surface area contributed by atoms with Crippen LogP contribution in [0.4, 0.5) is 23.7 Å². The van der Waals surface area contributed by atoms with Gasteiger partial charge in [0.05, 0.1) is 6.42 Å². The molecule has 1 heterocycles. The number of carbonyl (C=O) groups excluding carboxylic acids is 1. The molecule has 1 saturated heterocycles. The molecule has 20 heavy (non-hydrogen) atoms. The SMILES string of the molecule is O=C(O)CC1CN(C(=O)Nc2cc(F)c(F)c(F)c2)C1. The summed E-state index contributed by atoms with van der Waals surface area (Å²) in [6, 6.07) is 0.729. The number of rotatable bonds is 3. The minimum atomic E-state index is -1.60. The van der Waals surface area contributed by atoms with Crippen LogP contribution in [0.3, 0.4) is 0 Å². The molecule has 1 aromatic rings. The summed E-state index contributed by atoms with van der Waals surface area (Å²) in [6.45, 7) is 0.509. The molecule has 1 aliphatic heterocycles. The van der Waals surface area contributed by atoms with Crippen LogP contribution in [0.1, 0.15) is 6.42 Å². The first kappa shape index (κ1) is 14.2. The molecular weight excluding hydrogens is 277 g/mol. The number of nitrogens with zero attached hydrogens (tertiary/aromatic N) is 1. The van der Waals surface area contributed by atoms with Crippen molar-refractivity contribution in [1.29, 1.82) is 0 Å². The number of hydrogen-bond acceptors (Lipinski definition) is 2. The molecule has 2 amide bonds. The normalized spacial score (nSPS) is 14.8. The number of urea groups is 1. The average Bonchev–Trinajstić information content (AvgIpc) is 2.29. The highest BCUT2D eigenvalue weighted by molar-refractivity contribution is 5.90. The van der Waals surface area contributed by atoms with Crippen molar-refractivity contribution >= 4 is 17.7 Å². The zero-order valence-corrected chi connectivity index (χ0v) is 10.2. The molecule has 108 valence electrons. The fourth-order valence-corrected chi connectivity index (χ4v) is 1.94. The maximum Gasteiger partial charge on any atom is 0.321 e.